The standard InChI is InChI=1S/C22H36O5/c1-4-5-14-22(2,3)15-8-9-16-12-13-18(23)17(16)10-6-7-11-19(24)20(25)21(26)27/h8-9,16-17,24-25H,4-7,10-15H2,1-3H3,(H,26,27)/b9-8+,20-19+/t16-,17+/m0/s1. The molecule has 1 fully saturated rings. The number of allylic oxidation sites excluding steroid dienone is 3. The fraction of sp³-hybridized carbons (Fsp3) is 0.727. The third-order valence-corrected chi connectivity index (χ3v) is 5.57. The minimum Gasteiger partial charge on any atom is -0.508 e. The van der Waals surface area contributed by atoms with Crippen molar-refractivity contribution in [1.29, 1.82) is 0 Å². The number of carboxylic acids is 1. The highest BCUT2D eigenvalue weighted by molar-refractivity contribution is 5.84. The van der Waals surface area contributed by atoms with Crippen LogP contribution in [0.5, 0.6) is 0 Å². The van der Waals surface area contributed by atoms with Crippen molar-refractivity contribution < 1.29 is 24.9 Å². The Kier molecular flexibility index (Phi) is 9.61. The largest absolute Gasteiger partial charge is 0.508 e. The molecule has 3 N–H and O–H groups in total. The molecule has 1 rings (SSSR count). The molecule has 0 spiro atoms. The van der Waals surface area contributed by atoms with Gasteiger partial charge in [0.15, 0.2) is 0 Å². The van der Waals surface area contributed by atoms with E-state index in [0.29, 0.717) is 24.0 Å². The number of aliphatic hydroxyl groups is 2. The highest BCUT2D eigenvalue weighted by Gasteiger charge is 2.32. The number of aliphatic carboxylic acids is 1. The summed E-state index contributed by atoms with van der Waals surface area (Å²) in [5.41, 5.74) is 0.292. The van der Waals surface area contributed by atoms with E-state index in [1.165, 1.54) is 19.3 Å². The Morgan fingerprint density at radius 1 is 1.19 bits per heavy atom. The van der Waals surface area contributed by atoms with Crippen molar-refractivity contribution in [2.45, 2.75) is 85.0 Å². The molecule has 1 aliphatic carbocycles. The highest BCUT2D eigenvalue weighted by atomic mass is 16.4. The molecule has 0 aromatic carbocycles. The van der Waals surface area contributed by atoms with Crippen LogP contribution in [0.4, 0.5) is 0 Å². The van der Waals surface area contributed by atoms with Crippen molar-refractivity contribution >= 4 is 11.8 Å². The van der Waals surface area contributed by atoms with Crippen molar-refractivity contribution in [3.05, 3.63) is 23.7 Å². The van der Waals surface area contributed by atoms with Crippen molar-refractivity contribution in [2.24, 2.45) is 17.3 Å². The minimum absolute atomic E-state index is 0.0270. The van der Waals surface area contributed by atoms with E-state index in [0.717, 1.165) is 25.7 Å². The number of carbonyl (C=O) groups excluding carboxylic acids is 1. The average Bonchev–Trinajstić information content (AvgIpc) is 2.95. The van der Waals surface area contributed by atoms with Crippen molar-refractivity contribution in [2.75, 3.05) is 0 Å². The Labute approximate surface area is 163 Å². The quantitative estimate of drug-likeness (QED) is 0.174. The zero-order valence-corrected chi connectivity index (χ0v) is 17.0. The van der Waals surface area contributed by atoms with Crippen LogP contribution in [0, 0.1) is 17.3 Å². The number of hydrogen-bond donors (Lipinski definition) is 3. The zero-order chi connectivity index (χ0) is 20.4. The predicted molar refractivity (Wildman–Crippen MR) is 107 cm³/mol. The molecule has 27 heavy (non-hydrogen) atoms. The topological polar surface area (TPSA) is 94.8 Å². The number of Topliss-reactive ketones (excluding diaryl/α,β-unsaturated/α-hetero) is 1. The molecule has 2 atom stereocenters. The van der Waals surface area contributed by atoms with E-state index in [1.54, 1.807) is 0 Å². The second kappa shape index (κ2) is 11.2. The summed E-state index contributed by atoms with van der Waals surface area (Å²) in [6.45, 7) is 6.78. The molecule has 0 amide bonds. The molecule has 0 aromatic rings. The van der Waals surface area contributed by atoms with Crippen LogP contribution in [0.25, 0.3) is 0 Å². The number of carboxylic acid groups (broad SMARTS) is 1. The Hall–Kier alpha value is -1.78. The molecule has 0 aliphatic heterocycles. The summed E-state index contributed by atoms with van der Waals surface area (Å²) in [5, 5.41) is 27.3. The third kappa shape index (κ3) is 8.19. The van der Waals surface area contributed by atoms with Gasteiger partial charge in [-0.05, 0) is 43.4 Å². The van der Waals surface area contributed by atoms with E-state index in [-0.39, 0.29) is 18.3 Å². The maximum atomic E-state index is 12.2. The van der Waals surface area contributed by atoms with Crippen molar-refractivity contribution in [3.8, 4) is 0 Å². The second-order valence-electron chi connectivity index (χ2n) is 8.52. The van der Waals surface area contributed by atoms with Gasteiger partial charge in [-0.1, -0.05) is 52.2 Å². The monoisotopic (exact) mass is 380 g/mol. The van der Waals surface area contributed by atoms with Gasteiger partial charge in [-0.25, -0.2) is 4.79 Å². The van der Waals surface area contributed by atoms with Crippen molar-refractivity contribution in [1.82, 2.24) is 0 Å². The number of aliphatic hydroxyl groups excluding tert-OH is 2. The Bertz CT molecular complexity index is 559. The fourth-order valence-electron chi connectivity index (χ4n) is 3.76. The SMILES string of the molecule is CCCCC(C)(C)C/C=C/[C@H]1CCC(=O)[C@@H]1CCCC/C(O)=C(\O)C(=O)O. The fourth-order valence-corrected chi connectivity index (χ4v) is 3.76. The summed E-state index contributed by atoms with van der Waals surface area (Å²) in [7, 11) is 0. The van der Waals surface area contributed by atoms with E-state index in [2.05, 4.69) is 32.9 Å². The van der Waals surface area contributed by atoms with Gasteiger partial charge >= 0.3 is 5.97 Å². The molecule has 0 bridgehead atoms. The number of rotatable bonds is 12. The maximum absolute atomic E-state index is 12.2. The molecule has 5 nitrogen and oxygen atoms in total. The summed E-state index contributed by atoms with van der Waals surface area (Å²) < 4.78 is 0. The lowest BCUT2D eigenvalue weighted by Gasteiger charge is -2.23. The lowest BCUT2D eigenvalue weighted by molar-refractivity contribution is -0.136. The van der Waals surface area contributed by atoms with Crippen LogP contribution < -0.4 is 0 Å². The lowest BCUT2D eigenvalue weighted by atomic mass is 9.83. The van der Waals surface area contributed by atoms with Gasteiger partial charge in [-0.2, -0.15) is 0 Å². The molecular weight excluding hydrogens is 344 g/mol. The molecule has 154 valence electrons. The summed E-state index contributed by atoms with van der Waals surface area (Å²) in [4.78, 5) is 22.8. The number of ketones is 1. The van der Waals surface area contributed by atoms with Gasteiger partial charge in [0, 0.05) is 18.8 Å². The van der Waals surface area contributed by atoms with E-state index in [1.807, 2.05) is 0 Å². The molecule has 0 radical (unpaired) electrons. The van der Waals surface area contributed by atoms with Crippen LogP contribution in [0.3, 0.4) is 0 Å². The Balaban J connectivity index is 2.47. The second-order valence-corrected chi connectivity index (χ2v) is 8.52. The third-order valence-electron chi connectivity index (χ3n) is 5.57. The average molecular weight is 381 g/mol. The van der Waals surface area contributed by atoms with Gasteiger partial charge < -0.3 is 15.3 Å². The summed E-state index contributed by atoms with van der Waals surface area (Å²) in [6, 6.07) is 0. The van der Waals surface area contributed by atoms with Crippen LogP contribution in [0.15, 0.2) is 23.7 Å². The first kappa shape index (κ1) is 23.3. The number of unbranched alkanes of at least 4 members (excludes halogenated alkanes) is 2. The number of hydrogen-bond acceptors (Lipinski definition) is 4. The van der Waals surface area contributed by atoms with Crippen LogP contribution in [-0.4, -0.2) is 27.1 Å². The van der Waals surface area contributed by atoms with E-state index < -0.39 is 17.5 Å². The molecule has 0 heterocycles. The zero-order valence-electron chi connectivity index (χ0n) is 17.0. The molecule has 1 aliphatic rings. The molecule has 5 heteroatoms. The summed E-state index contributed by atoms with van der Waals surface area (Å²) in [5.74, 6) is -2.38. The van der Waals surface area contributed by atoms with E-state index in [4.69, 9.17) is 5.11 Å². The van der Waals surface area contributed by atoms with Gasteiger partial charge in [0.25, 0.3) is 0 Å². The predicted octanol–water partition coefficient (Wildman–Crippen LogP) is 5.72. The first-order valence-electron chi connectivity index (χ1n) is 10.2. The highest BCUT2D eigenvalue weighted by Crippen LogP contribution is 2.35. The Morgan fingerprint density at radius 2 is 1.89 bits per heavy atom. The summed E-state index contributed by atoms with van der Waals surface area (Å²) in [6.07, 6.45) is 12.8. The molecular formula is C22H36O5. The van der Waals surface area contributed by atoms with Crippen molar-refractivity contribution in [3.63, 3.8) is 0 Å². The summed E-state index contributed by atoms with van der Waals surface area (Å²) >= 11 is 0. The molecule has 1 saturated carbocycles. The van der Waals surface area contributed by atoms with Crippen LogP contribution in [0.1, 0.15) is 85.0 Å². The van der Waals surface area contributed by atoms with Gasteiger partial charge in [-0.3, -0.25) is 4.79 Å². The molecule has 0 aromatic heterocycles. The van der Waals surface area contributed by atoms with E-state index >= 15 is 0 Å². The van der Waals surface area contributed by atoms with Crippen LogP contribution in [0.2, 0.25) is 0 Å². The smallest absolute Gasteiger partial charge is 0.374 e. The maximum Gasteiger partial charge on any atom is 0.374 e. The van der Waals surface area contributed by atoms with E-state index in [9.17, 15) is 19.8 Å². The van der Waals surface area contributed by atoms with Gasteiger partial charge in [-0.15, -0.1) is 0 Å². The number of carbonyl (C=O) groups is 2. The normalized spacial score (nSPS) is 21.7. The van der Waals surface area contributed by atoms with Gasteiger partial charge in [0.1, 0.15) is 11.5 Å². The van der Waals surface area contributed by atoms with Gasteiger partial charge in [0.2, 0.25) is 5.76 Å². The molecule has 0 unspecified atom stereocenters. The van der Waals surface area contributed by atoms with Gasteiger partial charge in [0.05, 0.1) is 0 Å². The van der Waals surface area contributed by atoms with Crippen LogP contribution >= 0.6 is 0 Å². The first-order chi connectivity index (χ1) is 12.7. The molecule has 0 saturated heterocycles. The first-order valence-corrected chi connectivity index (χ1v) is 10.2. The van der Waals surface area contributed by atoms with Crippen LogP contribution in [-0.2, 0) is 9.59 Å². The lowest BCUT2D eigenvalue weighted by Crippen LogP contribution is -2.14. The Morgan fingerprint density at radius 3 is 2.52 bits per heavy atom. The minimum atomic E-state index is -1.52.